The van der Waals surface area contributed by atoms with Gasteiger partial charge in [0, 0.05) is 11.4 Å². The van der Waals surface area contributed by atoms with Gasteiger partial charge in [-0.3, -0.25) is 4.79 Å². The van der Waals surface area contributed by atoms with Crippen molar-refractivity contribution in [2.75, 3.05) is 6.54 Å². The van der Waals surface area contributed by atoms with E-state index in [1.54, 1.807) is 4.90 Å². The number of hydrogen-bond acceptors (Lipinski definition) is 3. The number of carbonyl (C=O) groups excluding carboxylic acids is 1. The van der Waals surface area contributed by atoms with Gasteiger partial charge in [0.25, 0.3) is 0 Å². The van der Waals surface area contributed by atoms with E-state index in [0.29, 0.717) is 25.9 Å². The van der Waals surface area contributed by atoms with Crippen LogP contribution in [0.4, 0.5) is 0 Å². The lowest BCUT2D eigenvalue weighted by Crippen LogP contribution is -2.54. The molecule has 18 heavy (non-hydrogen) atoms. The van der Waals surface area contributed by atoms with Crippen molar-refractivity contribution in [2.24, 2.45) is 5.73 Å². The number of nitrogens with zero attached hydrogens (tertiary/aromatic N) is 1. The molecule has 1 heterocycles. The second kappa shape index (κ2) is 6.55. The van der Waals surface area contributed by atoms with Crippen molar-refractivity contribution in [2.45, 2.75) is 45.7 Å². The van der Waals surface area contributed by atoms with Crippen LogP contribution in [-0.2, 0) is 11.3 Å². The predicted octanol–water partition coefficient (Wildman–Crippen LogP) is 3.27. The molecule has 2 N–H and O–H groups in total. The Morgan fingerprint density at radius 3 is 2.39 bits per heavy atom. The molecule has 0 atom stereocenters. The van der Waals surface area contributed by atoms with E-state index in [2.05, 4.69) is 0 Å². The number of rotatable bonds is 6. The van der Waals surface area contributed by atoms with Gasteiger partial charge < -0.3 is 10.6 Å². The molecule has 0 spiro atoms. The fraction of sp³-hybridized carbons (Fsp3) is 0.615. The summed E-state index contributed by atoms with van der Waals surface area (Å²) in [5, 5.41) is 0. The summed E-state index contributed by atoms with van der Waals surface area (Å²) in [5.74, 6) is 0.0273. The van der Waals surface area contributed by atoms with E-state index in [0.717, 1.165) is 9.21 Å². The largest absolute Gasteiger partial charge is 0.336 e. The number of halogens is 1. The predicted molar refractivity (Wildman–Crippen MR) is 77.9 cm³/mol. The average molecular weight is 289 g/mol. The lowest BCUT2D eigenvalue weighted by Gasteiger charge is -2.32. The van der Waals surface area contributed by atoms with Gasteiger partial charge >= 0.3 is 0 Å². The minimum atomic E-state index is -0.739. The molecular weight excluding hydrogens is 268 g/mol. The summed E-state index contributed by atoms with van der Waals surface area (Å²) < 4.78 is 0.749. The molecule has 102 valence electrons. The standard InChI is InChI=1S/C13H21ClN2OS/c1-4-13(15,5-2)12(17)16(6-3)9-10-7-8-11(14)18-10/h7-8H,4-6,9,15H2,1-3H3. The minimum Gasteiger partial charge on any atom is -0.336 e. The molecule has 0 radical (unpaired) electrons. The Hall–Kier alpha value is -0.580. The normalized spacial score (nSPS) is 11.6. The summed E-state index contributed by atoms with van der Waals surface area (Å²) >= 11 is 7.41. The van der Waals surface area contributed by atoms with E-state index in [1.165, 1.54) is 11.3 Å². The minimum absolute atomic E-state index is 0.0273. The number of thiophene rings is 1. The molecule has 0 bridgehead atoms. The third kappa shape index (κ3) is 3.46. The van der Waals surface area contributed by atoms with Crippen LogP contribution in [0, 0.1) is 0 Å². The van der Waals surface area contributed by atoms with Crippen molar-refractivity contribution in [3.05, 3.63) is 21.3 Å². The smallest absolute Gasteiger partial charge is 0.242 e. The number of carbonyl (C=O) groups is 1. The lowest BCUT2D eigenvalue weighted by atomic mass is 9.92. The van der Waals surface area contributed by atoms with Gasteiger partial charge in [-0.25, -0.2) is 0 Å². The number of nitrogens with two attached hydrogens (primary N) is 1. The highest BCUT2D eigenvalue weighted by atomic mass is 35.5. The molecule has 0 fully saturated rings. The molecule has 1 amide bonds. The molecule has 1 aromatic rings. The van der Waals surface area contributed by atoms with Gasteiger partial charge in [0.15, 0.2) is 0 Å². The van der Waals surface area contributed by atoms with Gasteiger partial charge in [0.2, 0.25) is 5.91 Å². The first kappa shape index (κ1) is 15.5. The molecule has 0 aromatic carbocycles. The molecule has 0 aliphatic heterocycles. The molecule has 0 saturated carbocycles. The molecule has 0 aliphatic carbocycles. The van der Waals surface area contributed by atoms with Crippen LogP contribution in [-0.4, -0.2) is 22.9 Å². The molecule has 0 unspecified atom stereocenters. The van der Waals surface area contributed by atoms with Gasteiger partial charge in [-0.2, -0.15) is 0 Å². The summed E-state index contributed by atoms with van der Waals surface area (Å²) in [4.78, 5) is 15.3. The van der Waals surface area contributed by atoms with Crippen LogP contribution in [0.1, 0.15) is 38.5 Å². The lowest BCUT2D eigenvalue weighted by molar-refractivity contribution is -0.137. The average Bonchev–Trinajstić information content (AvgIpc) is 2.79. The fourth-order valence-corrected chi connectivity index (χ4v) is 2.92. The van der Waals surface area contributed by atoms with E-state index in [4.69, 9.17) is 17.3 Å². The maximum atomic E-state index is 12.4. The first-order valence-corrected chi connectivity index (χ1v) is 7.48. The van der Waals surface area contributed by atoms with Crippen LogP contribution in [0.25, 0.3) is 0 Å². The molecule has 5 heteroatoms. The fourth-order valence-electron chi connectivity index (χ4n) is 1.82. The summed E-state index contributed by atoms with van der Waals surface area (Å²) in [5.41, 5.74) is 5.42. The molecule has 0 aliphatic rings. The Bertz CT molecular complexity index is 401. The zero-order chi connectivity index (χ0) is 13.8. The van der Waals surface area contributed by atoms with Crippen LogP contribution in [0.15, 0.2) is 12.1 Å². The Labute approximate surface area is 118 Å². The van der Waals surface area contributed by atoms with E-state index in [-0.39, 0.29) is 5.91 Å². The highest BCUT2D eigenvalue weighted by Crippen LogP contribution is 2.24. The molecule has 0 saturated heterocycles. The van der Waals surface area contributed by atoms with Crippen LogP contribution in [0.3, 0.4) is 0 Å². The first-order valence-electron chi connectivity index (χ1n) is 6.29. The van der Waals surface area contributed by atoms with Crippen molar-refractivity contribution in [1.82, 2.24) is 4.90 Å². The van der Waals surface area contributed by atoms with Crippen molar-refractivity contribution in [3.63, 3.8) is 0 Å². The summed E-state index contributed by atoms with van der Waals surface area (Å²) in [6.45, 7) is 7.13. The summed E-state index contributed by atoms with van der Waals surface area (Å²) in [7, 11) is 0. The quantitative estimate of drug-likeness (QED) is 0.873. The van der Waals surface area contributed by atoms with E-state index >= 15 is 0 Å². The van der Waals surface area contributed by atoms with Crippen molar-refractivity contribution < 1.29 is 4.79 Å². The van der Waals surface area contributed by atoms with Crippen molar-refractivity contribution >= 4 is 28.8 Å². The number of amides is 1. The monoisotopic (exact) mass is 288 g/mol. The summed E-state index contributed by atoms with van der Waals surface area (Å²) in [6, 6.07) is 3.81. The Balaban J connectivity index is 2.80. The van der Waals surface area contributed by atoms with E-state index < -0.39 is 5.54 Å². The maximum Gasteiger partial charge on any atom is 0.242 e. The molecule has 1 aromatic heterocycles. The van der Waals surface area contributed by atoms with Gasteiger partial charge in [-0.15, -0.1) is 11.3 Å². The van der Waals surface area contributed by atoms with E-state index in [9.17, 15) is 4.79 Å². The first-order chi connectivity index (χ1) is 8.46. The number of hydrogen-bond donors (Lipinski definition) is 1. The van der Waals surface area contributed by atoms with Crippen LogP contribution in [0.2, 0.25) is 4.34 Å². The maximum absolute atomic E-state index is 12.4. The zero-order valence-corrected chi connectivity index (χ0v) is 12.8. The second-order valence-corrected chi connectivity index (χ2v) is 6.19. The molecule has 3 nitrogen and oxygen atoms in total. The van der Waals surface area contributed by atoms with Gasteiger partial charge in [-0.1, -0.05) is 25.4 Å². The second-order valence-electron chi connectivity index (χ2n) is 4.39. The molecule has 1 rings (SSSR count). The molecular formula is C13H21ClN2OS. The Kier molecular flexibility index (Phi) is 5.63. The highest BCUT2D eigenvalue weighted by molar-refractivity contribution is 7.16. The zero-order valence-electron chi connectivity index (χ0n) is 11.2. The van der Waals surface area contributed by atoms with Gasteiger partial charge in [-0.05, 0) is 31.9 Å². The SMILES string of the molecule is CCN(Cc1ccc(Cl)s1)C(=O)C(N)(CC)CC. The third-order valence-corrected chi connectivity index (χ3v) is 4.55. The Morgan fingerprint density at radius 1 is 1.39 bits per heavy atom. The number of likely N-dealkylation sites (N-methyl/N-ethyl adjacent to an activating group) is 1. The summed E-state index contributed by atoms with van der Waals surface area (Å²) in [6.07, 6.45) is 1.31. The van der Waals surface area contributed by atoms with Crippen LogP contribution >= 0.6 is 22.9 Å². The van der Waals surface area contributed by atoms with E-state index in [1.807, 2.05) is 32.9 Å². The van der Waals surface area contributed by atoms with Crippen LogP contribution < -0.4 is 5.73 Å². The van der Waals surface area contributed by atoms with Crippen LogP contribution in [0.5, 0.6) is 0 Å². The van der Waals surface area contributed by atoms with Crippen molar-refractivity contribution in [1.29, 1.82) is 0 Å². The van der Waals surface area contributed by atoms with Crippen molar-refractivity contribution in [3.8, 4) is 0 Å². The van der Waals surface area contributed by atoms with Gasteiger partial charge in [0.05, 0.1) is 16.4 Å². The third-order valence-electron chi connectivity index (χ3n) is 3.33. The van der Waals surface area contributed by atoms with Gasteiger partial charge in [0.1, 0.15) is 0 Å². The highest BCUT2D eigenvalue weighted by Gasteiger charge is 2.33. The Morgan fingerprint density at radius 2 is 2.00 bits per heavy atom. The topological polar surface area (TPSA) is 46.3 Å².